The van der Waals surface area contributed by atoms with Crippen LogP contribution in [0.2, 0.25) is 0 Å². The van der Waals surface area contributed by atoms with Gasteiger partial charge in [-0.15, -0.1) is 0 Å². The number of hydrogen-bond acceptors (Lipinski definition) is 6. The number of Topliss-reactive ketones (excluding diaryl/α,β-unsaturated/α-hetero) is 1. The van der Waals surface area contributed by atoms with E-state index >= 15 is 0 Å². The molecule has 33 heavy (non-hydrogen) atoms. The van der Waals surface area contributed by atoms with Gasteiger partial charge in [0.25, 0.3) is 11.7 Å². The highest BCUT2D eigenvalue weighted by Crippen LogP contribution is 2.43. The number of likely N-dealkylation sites (tertiary alicyclic amines) is 1. The molecule has 7 heteroatoms. The maximum absolute atomic E-state index is 13.3. The van der Waals surface area contributed by atoms with Crippen LogP contribution in [0.15, 0.2) is 48.0 Å². The zero-order chi connectivity index (χ0) is 24.1. The van der Waals surface area contributed by atoms with Crippen molar-refractivity contribution in [2.75, 3.05) is 40.4 Å². The number of aliphatic hydroxyl groups excluding tert-OH is 1. The fourth-order valence-corrected chi connectivity index (χ4v) is 4.31. The lowest BCUT2D eigenvalue weighted by atomic mass is 9.94. The standard InChI is InChI=1S/C26H32N2O5/c1-6-27(7-2)14-15-28-23(18-11-8-10-17(3)16-18)22(25(30)26(28)31)24(29)21-19(32-4)12-9-13-20(21)33-5/h8-13,16,23,29H,6-7,14-15H2,1-5H3/b24-22+. The fourth-order valence-electron chi connectivity index (χ4n) is 4.31. The minimum absolute atomic E-state index is 0.0351. The third-order valence-electron chi connectivity index (χ3n) is 6.11. The summed E-state index contributed by atoms with van der Waals surface area (Å²) in [7, 11) is 2.96. The molecule has 7 nitrogen and oxygen atoms in total. The van der Waals surface area contributed by atoms with E-state index in [-0.39, 0.29) is 16.9 Å². The first-order chi connectivity index (χ1) is 15.9. The minimum atomic E-state index is -0.716. The van der Waals surface area contributed by atoms with Gasteiger partial charge in [-0.1, -0.05) is 49.7 Å². The van der Waals surface area contributed by atoms with Crippen molar-refractivity contribution < 1.29 is 24.2 Å². The van der Waals surface area contributed by atoms with Gasteiger partial charge in [0.15, 0.2) is 0 Å². The van der Waals surface area contributed by atoms with E-state index in [9.17, 15) is 14.7 Å². The number of aliphatic hydroxyl groups is 1. The second-order valence-corrected chi connectivity index (χ2v) is 7.97. The molecule has 1 aliphatic heterocycles. The van der Waals surface area contributed by atoms with E-state index in [1.54, 1.807) is 23.1 Å². The molecular formula is C26H32N2O5. The van der Waals surface area contributed by atoms with Crippen molar-refractivity contribution in [3.8, 4) is 11.5 Å². The summed E-state index contributed by atoms with van der Waals surface area (Å²) in [4.78, 5) is 30.2. The summed E-state index contributed by atoms with van der Waals surface area (Å²) >= 11 is 0. The van der Waals surface area contributed by atoms with Crippen LogP contribution < -0.4 is 9.47 Å². The highest BCUT2D eigenvalue weighted by molar-refractivity contribution is 6.46. The average molecular weight is 453 g/mol. The van der Waals surface area contributed by atoms with E-state index < -0.39 is 17.7 Å². The highest BCUT2D eigenvalue weighted by Gasteiger charge is 2.46. The zero-order valence-electron chi connectivity index (χ0n) is 19.9. The number of aryl methyl sites for hydroxylation is 1. The van der Waals surface area contributed by atoms with Gasteiger partial charge < -0.3 is 24.4 Å². The maximum atomic E-state index is 13.3. The zero-order valence-corrected chi connectivity index (χ0v) is 19.9. The van der Waals surface area contributed by atoms with E-state index in [0.29, 0.717) is 24.6 Å². The normalized spacial score (nSPS) is 17.6. The first kappa shape index (κ1) is 24.3. The fraction of sp³-hybridized carbons (Fsp3) is 0.385. The van der Waals surface area contributed by atoms with Crippen molar-refractivity contribution >= 4 is 17.4 Å². The first-order valence-electron chi connectivity index (χ1n) is 11.2. The second kappa shape index (κ2) is 10.5. The number of benzene rings is 2. The van der Waals surface area contributed by atoms with Crippen LogP contribution in [0.25, 0.3) is 5.76 Å². The van der Waals surface area contributed by atoms with Gasteiger partial charge in [0.05, 0.1) is 25.8 Å². The molecule has 0 spiro atoms. The summed E-state index contributed by atoms with van der Waals surface area (Å²) in [5.74, 6) is -0.941. The number of hydrogen-bond donors (Lipinski definition) is 1. The smallest absolute Gasteiger partial charge is 0.295 e. The molecule has 1 atom stereocenters. The number of methoxy groups -OCH3 is 2. The molecule has 1 saturated heterocycles. The van der Waals surface area contributed by atoms with E-state index in [1.807, 2.05) is 31.2 Å². The summed E-state index contributed by atoms with van der Waals surface area (Å²) in [6, 6.07) is 12.0. The SMILES string of the molecule is CCN(CC)CCN1C(=O)C(=O)/C(=C(/O)c2c(OC)cccc2OC)C1c1cccc(C)c1. The van der Waals surface area contributed by atoms with Gasteiger partial charge in [-0.2, -0.15) is 0 Å². The molecule has 0 saturated carbocycles. The predicted molar refractivity (Wildman–Crippen MR) is 128 cm³/mol. The van der Waals surface area contributed by atoms with E-state index in [0.717, 1.165) is 24.2 Å². The van der Waals surface area contributed by atoms with E-state index in [1.165, 1.54) is 14.2 Å². The van der Waals surface area contributed by atoms with E-state index in [2.05, 4.69) is 18.7 Å². The Morgan fingerprint density at radius 1 is 1.03 bits per heavy atom. The summed E-state index contributed by atoms with van der Waals surface area (Å²) in [6.07, 6.45) is 0. The van der Waals surface area contributed by atoms with E-state index in [4.69, 9.17) is 9.47 Å². The van der Waals surface area contributed by atoms with Gasteiger partial charge in [0.2, 0.25) is 0 Å². The van der Waals surface area contributed by atoms with Crippen LogP contribution in [0, 0.1) is 6.92 Å². The number of likely N-dealkylation sites (N-methyl/N-ethyl adjacent to an activating group) is 1. The van der Waals surface area contributed by atoms with Crippen molar-refractivity contribution in [3.05, 3.63) is 64.7 Å². The lowest BCUT2D eigenvalue weighted by molar-refractivity contribution is -0.140. The molecule has 1 amide bonds. The molecule has 1 N–H and O–H groups in total. The molecule has 0 aliphatic carbocycles. The number of carbonyl (C=O) groups excluding carboxylic acids is 2. The monoisotopic (exact) mass is 452 g/mol. The molecule has 3 rings (SSSR count). The second-order valence-electron chi connectivity index (χ2n) is 7.97. The van der Waals surface area contributed by atoms with Crippen molar-refractivity contribution in [1.82, 2.24) is 9.80 Å². The predicted octanol–water partition coefficient (Wildman–Crippen LogP) is 3.78. The number of carbonyl (C=O) groups is 2. The molecule has 176 valence electrons. The molecule has 0 bridgehead atoms. The van der Waals surface area contributed by atoms with Gasteiger partial charge in [0, 0.05) is 13.1 Å². The third-order valence-corrected chi connectivity index (χ3v) is 6.11. The number of amides is 1. The quantitative estimate of drug-likeness (QED) is 0.354. The molecule has 1 fully saturated rings. The Morgan fingerprint density at radius 3 is 2.18 bits per heavy atom. The average Bonchev–Trinajstić information content (AvgIpc) is 3.08. The van der Waals surface area contributed by atoms with Crippen molar-refractivity contribution in [2.24, 2.45) is 0 Å². The summed E-state index contributed by atoms with van der Waals surface area (Å²) in [5.41, 5.74) is 2.05. The topological polar surface area (TPSA) is 79.3 Å². The molecule has 1 aliphatic rings. The first-order valence-corrected chi connectivity index (χ1v) is 11.2. The Balaban J connectivity index is 2.20. The number of ether oxygens (including phenoxy) is 2. The minimum Gasteiger partial charge on any atom is -0.506 e. The summed E-state index contributed by atoms with van der Waals surface area (Å²) in [5, 5.41) is 11.4. The van der Waals surface area contributed by atoms with Gasteiger partial charge in [0.1, 0.15) is 22.8 Å². The van der Waals surface area contributed by atoms with Crippen LogP contribution in [0.3, 0.4) is 0 Å². The Morgan fingerprint density at radius 2 is 1.64 bits per heavy atom. The van der Waals surface area contributed by atoms with Crippen molar-refractivity contribution in [3.63, 3.8) is 0 Å². The molecule has 1 unspecified atom stereocenters. The Kier molecular flexibility index (Phi) is 7.76. The summed E-state index contributed by atoms with van der Waals surface area (Å²) in [6.45, 7) is 8.75. The number of nitrogens with zero attached hydrogens (tertiary/aromatic N) is 2. The Labute approximate surface area is 195 Å². The highest BCUT2D eigenvalue weighted by atomic mass is 16.5. The maximum Gasteiger partial charge on any atom is 0.295 e. The number of ketones is 1. The molecular weight excluding hydrogens is 420 g/mol. The third kappa shape index (κ3) is 4.73. The molecule has 0 radical (unpaired) electrons. The van der Waals surface area contributed by atoms with Crippen LogP contribution in [-0.2, 0) is 9.59 Å². The van der Waals surface area contributed by atoms with Crippen LogP contribution in [0.5, 0.6) is 11.5 Å². The van der Waals surface area contributed by atoms with Crippen LogP contribution in [0.1, 0.15) is 36.6 Å². The van der Waals surface area contributed by atoms with Crippen LogP contribution in [-0.4, -0.2) is 67.0 Å². The molecule has 2 aromatic carbocycles. The lowest BCUT2D eigenvalue weighted by Gasteiger charge is -2.28. The molecule has 0 aromatic heterocycles. The number of rotatable bonds is 9. The van der Waals surface area contributed by atoms with Crippen molar-refractivity contribution in [1.29, 1.82) is 0 Å². The lowest BCUT2D eigenvalue weighted by Crippen LogP contribution is -2.38. The Hall–Kier alpha value is -3.32. The Bertz CT molecular complexity index is 1040. The molecule has 1 heterocycles. The van der Waals surface area contributed by atoms with Crippen LogP contribution in [0.4, 0.5) is 0 Å². The van der Waals surface area contributed by atoms with Gasteiger partial charge in [-0.25, -0.2) is 0 Å². The summed E-state index contributed by atoms with van der Waals surface area (Å²) < 4.78 is 10.9. The molecule has 2 aromatic rings. The largest absolute Gasteiger partial charge is 0.506 e. The van der Waals surface area contributed by atoms with Gasteiger partial charge in [-0.05, 0) is 37.7 Å². The van der Waals surface area contributed by atoms with Crippen molar-refractivity contribution in [2.45, 2.75) is 26.8 Å². The van der Waals surface area contributed by atoms with Crippen LogP contribution >= 0.6 is 0 Å². The van der Waals surface area contributed by atoms with Gasteiger partial charge >= 0.3 is 0 Å². The van der Waals surface area contributed by atoms with Gasteiger partial charge in [-0.3, -0.25) is 9.59 Å².